The van der Waals surface area contributed by atoms with E-state index in [2.05, 4.69) is 36.0 Å². The summed E-state index contributed by atoms with van der Waals surface area (Å²) in [6.45, 7) is 0. The molecule has 0 spiro atoms. The lowest BCUT2D eigenvalue weighted by atomic mass is 9.95. The van der Waals surface area contributed by atoms with Crippen LogP contribution in [0.1, 0.15) is 17.3 Å². The largest absolute Gasteiger partial charge is 0.318 e. The van der Waals surface area contributed by atoms with Crippen molar-refractivity contribution in [3.63, 3.8) is 0 Å². The Morgan fingerprint density at radius 1 is 1.04 bits per heavy atom. The molecule has 0 bridgehead atoms. The molecule has 0 fully saturated rings. The predicted octanol–water partition coefficient (Wildman–Crippen LogP) is 1.51. The summed E-state index contributed by atoms with van der Waals surface area (Å²) in [5, 5.41) is 21.7. The molecule has 1 aliphatic heterocycles. The molecule has 0 saturated carbocycles. The van der Waals surface area contributed by atoms with Crippen LogP contribution in [0.3, 0.4) is 0 Å². The molecule has 1 aliphatic rings. The summed E-state index contributed by atoms with van der Waals surface area (Å²) in [7, 11) is 0. The number of aromatic amines is 1. The molecule has 5 rings (SSSR count). The highest BCUT2D eigenvalue weighted by Gasteiger charge is 2.34. The Hall–Kier alpha value is -3.88. The number of pyridine rings is 1. The molecule has 1 aromatic carbocycles. The van der Waals surface area contributed by atoms with E-state index in [9.17, 15) is 4.79 Å². The Morgan fingerprint density at radius 2 is 1.88 bits per heavy atom. The Kier molecular flexibility index (Phi) is 3.11. The van der Waals surface area contributed by atoms with Gasteiger partial charge in [0.1, 0.15) is 11.7 Å². The number of tetrazole rings is 1. The van der Waals surface area contributed by atoms with E-state index >= 15 is 0 Å². The molecule has 4 heterocycles. The minimum absolute atomic E-state index is 0.338. The van der Waals surface area contributed by atoms with E-state index in [0.29, 0.717) is 28.6 Å². The molecule has 26 heavy (non-hydrogen) atoms. The second kappa shape index (κ2) is 5.59. The fraction of sp³-hybridized carbons (Fsp3) is 0.0588. The maximum Gasteiger partial charge on any atom is 0.288 e. The number of anilines is 2. The lowest BCUT2D eigenvalue weighted by molar-refractivity contribution is 0.556. The fourth-order valence-electron chi connectivity index (χ4n) is 3.16. The smallest absolute Gasteiger partial charge is 0.288 e. The summed E-state index contributed by atoms with van der Waals surface area (Å²) < 4.78 is 1.61. The second-order valence-corrected chi connectivity index (χ2v) is 5.79. The maximum atomic E-state index is 12.5. The van der Waals surface area contributed by atoms with Crippen LogP contribution in [0.15, 0.2) is 59.5 Å². The zero-order chi connectivity index (χ0) is 17.5. The highest BCUT2D eigenvalue weighted by atomic mass is 16.1. The van der Waals surface area contributed by atoms with Crippen molar-refractivity contribution in [3.8, 4) is 11.3 Å². The van der Waals surface area contributed by atoms with Gasteiger partial charge in [0.25, 0.3) is 5.56 Å². The summed E-state index contributed by atoms with van der Waals surface area (Å²) in [4.78, 5) is 16.9. The monoisotopic (exact) mass is 344 g/mol. The summed E-state index contributed by atoms with van der Waals surface area (Å²) in [5.41, 5.74) is 2.95. The summed E-state index contributed by atoms with van der Waals surface area (Å²) in [6.07, 6.45) is 1.70. The van der Waals surface area contributed by atoms with Crippen molar-refractivity contribution >= 4 is 11.6 Å². The van der Waals surface area contributed by atoms with Crippen LogP contribution in [0.2, 0.25) is 0 Å². The number of rotatable bonds is 2. The molecule has 1 atom stereocenters. The van der Waals surface area contributed by atoms with Gasteiger partial charge in [-0.3, -0.25) is 9.78 Å². The van der Waals surface area contributed by atoms with E-state index in [1.807, 2.05) is 48.5 Å². The normalized spacial score (nSPS) is 15.0. The Balaban J connectivity index is 1.84. The van der Waals surface area contributed by atoms with Crippen LogP contribution in [0.5, 0.6) is 0 Å². The Labute approximate surface area is 146 Å². The molecule has 0 amide bonds. The fourth-order valence-corrected chi connectivity index (χ4v) is 3.16. The van der Waals surface area contributed by atoms with Crippen LogP contribution >= 0.6 is 0 Å². The van der Waals surface area contributed by atoms with Crippen LogP contribution in [0.25, 0.3) is 11.3 Å². The summed E-state index contributed by atoms with van der Waals surface area (Å²) in [5.74, 6) is 0.379. The van der Waals surface area contributed by atoms with E-state index in [1.165, 1.54) is 0 Å². The molecule has 4 aromatic rings. The lowest BCUT2D eigenvalue weighted by Crippen LogP contribution is -2.29. The number of aromatic nitrogens is 7. The van der Waals surface area contributed by atoms with Gasteiger partial charge in [0.15, 0.2) is 0 Å². The molecule has 0 aliphatic carbocycles. The highest BCUT2D eigenvalue weighted by molar-refractivity contribution is 5.75. The van der Waals surface area contributed by atoms with Crippen molar-refractivity contribution in [2.24, 2.45) is 0 Å². The van der Waals surface area contributed by atoms with Gasteiger partial charge >= 0.3 is 0 Å². The topological polar surface area (TPSA) is 114 Å². The zero-order valence-corrected chi connectivity index (χ0v) is 13.4. The Morgan fingerprint density at radius 3 is 2.69 bits per heavy atom. The quantitative estimate of drug-likeness (QED) is 0.499. The number of hydrogen-bond donors (Lipinski definition) is 2. The van der Waals surface area contributed by atoms with Crippen LogP contribution in [-0.4, -0.2) is 35.4 Å². The van der Waals surface area contributed by atoms with Crippen molar-refractivity contribution in [1.29, 1.82) is 0 Å². The van der Waals surface area contributed by atoms with E-state index in [4.69, 9.17) is 0 Å². The predicted molar refractivity (Wildman–Crippen MR) is 92.9 cm³/mol. The van der Waals surface area contributed by atoms with Crippen molar-refractivity contribution in [2.75, 3.05) is 5.32 Å². The minimum atomic E-state index is -0.470. The van der Waals surface area contributed by atoms with Gasteiger partial charge in [0.2, 0.25) is 5.95 Å². The number of nitrogens with one attached hydrogen (secondary N) is 2. The maximum absolute atomic E-state index is 12.5. The van der Waals surface area contributed by atoms with Crippen LogP contribution in [0.4, 0.5) is 11.6 Å². The van der Waals surface area contributed by atoms with Crippen LogP contribution in [-0.2, 0) is 0 Å². The zero-order valence-electron chi connectivity index (χ0n) is 13.4. The number of benzene rings is 1. The molecule has 0 saturated heterocycles. The van der Waals surface area contributed by atoms with E-state index < -0.39 is 6.04 Å². The molecular formula is C17H12N8O. The third-order valence-electron chi connectivity index (χ3n) is 4.28. The van der Waals surface area contributed by atoms with Gasteiger partial charge in [-0.05, 0) is 22.6 Å². The first-order valence-corrected chi connectivity index (χ1v) is 7.97. The van der Waals surface area contributed by atoms with Crippen molar-refractivity contribution in [1.82, 2.24) is 35.4 Å². The SMILES string of the molecule is O=c1[nH]nc(-c2ccccc2)c2c1Nc1nnnn1[C@H]2c1ccccn1. The average molecular weight is 344 g/mol. The van der Waals surface area contributed by atoms with Gasteiger partial charge in [0, 0.05) is 17.3 Å². The molecule has 3 aromatic heterocycles. The van der Waals surface area contributed by atoms with Gasteiger partial charge in [-0.2, -0.15) is 9.78 Å². The molecule has 2 N–H and O–H groups in total. The first-order chi connectivity index (χ1) is 12.8. The van der Waals surface area contributed by atoms with Crippen molar-refractivity contribution in [2.45, 2.75) is 6.04 Å². The van der Waals surface area contributed by atoms with Crippen LogP contribution in [0, 0.1) is 0 Å². The molecular weight excluding hydrogens is 332 g/mol. The Bertz CT molecular complexity index is 1140. The number of nitrogens with zero attached hydrogens (tertiary/aromatic N) is 6. The number of H-pyrrole nitrogens is 1. The number of fused-ring (bicyclic) bond motifs is 2. The minimum Gasteiger partial charge on any atom is -0.318 e. The standard InChI is InChI=1S/C17H12N8O/c26-16-14-12(13(20-21-16)10-6-2-1-3-7-10)15(11-8-4-5-9-18-11)25-17(19-14)22-23-24-25/h1-9,15H,(H,21,26)(H,19,22,24)/t15-/m0/s1. The average Bonchev–Trinajstić information content (AvgIpc) is 3.16. The van der Waals surface area contributed by atoms with Gasteiger partial charge in [-0.1, -0.05) is 41.5 Å². The summed E-state index contributed by atoms with van der Waals surface area (Å²) >= 11 is 0. The highest BCUT2D eigenvalue weighted by Crippen LogP contribution is 2.40. The first kappa shape index (κ1) is 14.5. The van der Waals surface area contributed by atoms with E-state index in [1.54, 1.807) is 10.9 Å². The van der Waals surface area contributed by atoms with Crippen LogP contribution < -0.4 is 10.9 Å². The molecule has 9 heteroatoms. The molecule has 0 unspecified atom stereocenters. The van der Waals surface area contributed by atoms with Crippen molar-refractivity contribution < 1.29 is 0 Å². The third-order valence-corrected chi connectivity index (χ3v) is 4.28. The van der Waals surface area contributed by atoms with Gasteiger partial charge < -0.3 is 5.32 Å². The molecule has 0 radical (unpaired) electrons. The summed E-state index contributed by atoms with van der Waals surface area (Å²) in [6, 6.07) is 14.8. The van der Waals surface area contributed by atoms with Gasteiger partial charge in [-0.15, -0.1) is 0 Å². The molecule has 9 nitrogen and oxygen atoms in total. The second-order valence-electron chi connectivity index (χ2n) is 5.79. The van der Waals surface area contributed by atoms with E-state index in [0.717, 1.165) is 5.56 Å². The van der Waals surface area contributed by atoms with Crippen molar-refractivity contribution in [3.05, 3.63) is 76.3 Å². The third kappa shape index (κ3) is 2.10. The van der Waals surface area contributed by atoms with E-state index in [-0.39, 0.29) is 5.56 Å². The first-order valence-electron chi connectivity index (χ1n) is 7.97. The number of hydrogen-bond acceptors (Lipinski definition) is 7. The lowest BCUT2D eigenvalue weighted by Gasteiger charge is -2.27. The molecule has 126 valence electrons. The van der Waals surface area contributed by atoms with Gasteiger partial charge in [-0.25, -0.2) is 5.10 Å². The van der Waals surface area contributed by atoms with Gasteiger partial charge in [0.05, 0.1) is 11.4 Å².